The second kappa shape index (κ2) is 12.7. The van der Waals surface area contributed by atoms with E-state index >= 15 is 0 Å². The second-order valence-corrected chi connectivity index (χ2v) is 11.5. The molecule has 0 unspecified atom stereocenters. The molecule has 39 heavy (non-hydrogen) atoms. The average Bonchev–Trinajstić information content (AvgIpc) is 3.23. The minimum absolute atomic E-state index is 0.0997. The molecule has 0 spiro atoms. The highest BCUT2D eigenvalue weighted by Crippen LogP contribution is 2.43. The lowest BCUT2D eigenvalue weighted by atomic mass is 9.93. The van der Waals surface area contributed by atoms with Crippen LogP contribution in [0.1, 0.15) is 21.5 Å². The summed E-state index contributed by atoms with van der Waals surface area (Å²) in [5.74, 6) is 0.747. The maximum atomic E-state index is 13.9. The SMILES string of the molecule is C=CCOc1c(Br)cc(C2=C(C(=O)c3cc(Br)c(OC)c(Br)c3)C(=O)O/C2=C\c2ccc(OC)cc2)cc1Br. The molecule has 0 atom stereocenters. The Morgan fingerprint density at radius 1 is 0.897 bits per heavy atom. The third-order valence-corrected chi connectivity index (χ3v) is 8.00. The van der Waals surface area contributed by atoms with Crippen LogP contribution in [0.2, 0.25) is 0 Å². The highest BCUT2D eigenvalue weighted by atomic mass is 79.9. The van der Waals surface area contributed by atoms with E-state index in [-0.39, 0.29) is 16.9 Å². The molecule has 0 N–H and O–H groups in total. The number of ether oxygens (including phenoxy) is 4. The number of carbonyl (C=O) groups is 2. The van der Waals surface area contributed by atoms with E-state index in [1.165, 1.54) is 7.11 Å². The fraction of sp³-hybridized carbons (Fsp3) is 0.103. The van der Waals surface area contributed by atoms with Gasteiger partial charge in [-0.3, -0.25) is 4.79 Å². The van der Waals surface area contributed by atoms with Crippen LogP contribution >= 0.6 is 63.7 Å². The number of esters is 1. The Labute approximate surface area is 259 Å². The number of carbonyl (C=O) groups excluding carboxylic acids is 2. The van der Waals surface area contributed by atoms with Crippen LogP contribution in [0.25, 0.3) is 11.6 Å². The number of benzene rings is 3. The van der Waals surface area contributed by atoms with Gasteiger partial charge in [0.25, 0.3) is 0 Å². The molecule has 0 amide bonds. The molecule has 200 valence electrons. The minimum Gasteiger partial charge on any atom is -0.497 e. The first-order valence-electron chi connectivity index (χ1n) is 11.3. The van der Waals surface area contributed by atoms with Crippen molar-refractivity contribution in [1.82, 2.24) is 0 Å². The van der Waals surface area contributed by atoms with Crippen molar-refractivity contribution in [3.8, 4) is 17.2 Å². The van der Waals surface area contributed by atoms with Crippen LogP contribution in [0.15, 0.2) is 90.4 Å². The fourth-order valence-corrected chi connectivity index (χ4v) is 6.81. The van der Waals surface area contributed by atoms with Gasteiger partial charge in [-0.2, -0.15) is 0 Å². The third kappa shape index (κ3) is 6.24. The lowest BCUT2D eigenvalue weighted by Gasteiger charge is -2.13. The molecular formula is C29H20Br4O6. The van der Waals surface area contributed by atoms with Gasteiger partial charge in [-0.15, -0.1) is 0 Å². The van der Waals surface area contributed by atoms with Gasteiger partial charge in [0.05, 0.1) is 32.1 Å². The van der Waals surface area contributed by atoms with Crippen LogP contribution in [0.3, 0.4) is 0 Å². The molecule has 0 aromatic heterocycles. The summed E-state index contributed by atoms with van der Waals surface area (Å²) in [6.45, 7) is 3.98. The van der Waals surface area contributed by atoms with E-state index < -0.39 is 11.8 Å². The molecule has 0 bridgehead atoms. The first-order chi connectivity index (χ1) is 18.7. The number of methoxy groups -OCH3 is 2. The number of allylic oxidation sites excluding steroid dienone is 1. The quantitative estimate of drug-likeness (QED) is 0.0939. The molecule has 0 saturated carbocycles. The molecule has 4 rings (SSSR count). The molecule has 0 fully saturated rings. The number of halogens is 4. The number of ketones is 1. The number of cyclic esters (lactones) is 1. The summed E-state index contributed by atoms with van der Waals surface area (Å²) >= 11 is 14.0. The lowest BCUT2D eigenvalue weighted by Crippen LogP contribution is -2.12. The Bertz CT molecular complexity index is 1490. The minimum atomic E-state index is -0.753. The van der Waals surface area contributed by atoms with Gasteiger partial charge in [-0.05, 0) is 117 Å². The van der Waals surface area contributed by atoms with E-state index in [2.05, 4.69) is 70.3 Å². The van der Waals surface area contributed by atoms with Crippen molar-refractivity contribution < 1.29 is 28.5 Å². The van der Waals surface area contributed by atoms with Gasteiger partial charge in [-0.25, -0.2) is 4.79 Å². The first kappa shape index (κ1) is 29.3. The Hall–Kier alpha value is -2.66. The maximum absolute atomic E-state index is 13.9. The van der Waals surface area contributed by atoms with E-state index in [0.717, 1.165) is 5.56 Å². The topological polar surface area (TPSA) is 71.1 Å². The molecule has 3 aromatic rings. The molecule has 3 aromatic carbocycles. The molecule has 6 nitrogen and oxygen atoms in total. The van der Waals surface area contributed by atoms with Gasteiger partial charge >= 0.3 is 5.97 Å². The van der Waals surface area contributed by atoms with Crippen molar-refractivity contribution in [2.75, 3.05) is 20.8 Å². The van der Waals surface area contributed by atoms with Gasteiger partial charge in [-0.1, -0.05) is 24.8 Å². The molecule has 1 aliphatic heterocycles. The van der Waals surface area contributed by atoms with Gasteiger partial charge in [0, 0.05) is 11.1 Å². The molecule has 0 aliphatic carbocycles. The molecule has 1 aliphatic rings. The van der Waals surface area contributed by atoms with Crippen molar-refractivity contribution >= 4 is 87.1 Å². The van der Waals surface area contributed by atoms with Crippen molar-refractivity contribution in [3.63, 3.8) is 0 Å². The monoisotopic (exact) mass is 780 g/mol. The number of Topliss-reactive ketones (excluding diaryl/α,β-unsaturated/α-hetero) is 1. The van der Waals surface area contributed by atoms with Crippen LogP contribution in [0, 0.1) is 0 Å². The normalized spacial score (nSPS) is 13.9. The Morgan fingerprint density at radius 2 is 1.49 bits per heavy atom. The van der Waals surface area contributed by atoms with Crippen molar-refractivity contribution in [1.29, 1.82) is 0 Å². The third-order valence-electron chi connectivity index (χ3n) is 5.64. The molecule has 1 heterocycles. The summed E-state index contributed by atoms with van der Waals surface area (Å²) < 4.78 is 24.4. The Balaban J connectivity index is 1.92. The lowest BCUT2D eigenvalue weighted by molar-refractivity contribution is -0.132. The Morgan fingerprint density at radius 3 is 2.03 bits per heavy atom. The van der Waals surface area contributed by atoms with E-state index in [9.17, 15) is 9.59 Å². The zero-order valence-electron chi connectivity index (χ0n) is 20.6. The highest BCUT2D eigenvalue weighted by molar-refractivity contribution is 9.11. The van der Waals surface area contributed by atoms with Crippen molar-refractivity contribution in [2.24, 2.45) is 0 Å². The Kier molecular flexibility index (Phi) is 9.53. The van der Waals surface area contributed by atoms with E-state index in [0.29, 0.717) is 52.9 Å². The molecule has 10 heteroatoms. The average molecular weight is 784 g/mol. The van der Waals surface area contributed by atoms with Gasteiger partial charge in [0.2, 0.25) is 5.78 Å². The van der Waals surface area contributed by atoms with Gasteiger partial charge < -0.3 is 18.9 Å². The van der Waals surface area contributed by atoms with Crippen molar-refractivity contribution in [2.45, 2.75) is 0 Å². The number of hydrogen-bond donors (Lipinski definition) is 0. The zero-order chi connectivity index (χ0) is 28.3. The summed E-state index contributed by atoms with van der Waals surface area (Å²) in [5.41, 5.74) is 1.84. The van der Waals surface area contributed by atoms with Crippen molar-refractivity contribution in [3.05, 3.63) is 107 Å². The van der Waals surface area contributed by atoms with Gasteiger partial charge in [0.15, 0.2) is 0 Å². The zero-order valence-corrected chi connectivity index (χ0v) is 27.0. The smallest absolute Gasteiger partial charge is 0.348 e. The highest BCUT2D eigenvalue weighted by Gasteiger charge is 2.37. The number of hydrogen-bond acceptors (Lipinski definition) is 6. The summed E-state index contributed by atoms with van der Waals surface area (Å²) in [4.78, 5) is 27.1. The van der Waals surface area contributed by atoms with E-state index in [4.69, 9.17) is 18.9 Å². The van der Waals surface area contributed by atoms with Gasteiger partial charge in [0.1, 0.15) is 35.2 Å². The fourth-order valence-electron chi connectivity index (χ4n) is 3.89. The number of rotatable bonds is 9. The van der Waals surface area contributed by atoms with Crippen LogP contribution < -0.4 is 14.2 Å². The van der Waals surface area contributed by atoms with Crippen LogP contribution in [0.5, 0.6) is 17.2 Å². The van der Waals surface area contributed by atoms with Crippen LogP contribution in [-0.2, 0) is 9.53 Å². The standard InChI is InChI=1S/C29H20Br4O6/c1-4-9-38-28-21(32)11-16(12-22(28)33)24-23(10-15-5-7-18(36-2)8-6-15)39-29(35)25(24)26(34)17-13-19(30)27(37-3)20(31)14-17/h4-8,10-14H,1,9H2,2-3H3/b23-10-. The summed E-state index contributed by atoms with van der Waals surface area (Å²) in [6.07, 6.45) is 3.34. The maximum Gasteiger partial charge on any atom is 0.348 e. The molecular weight excluding hydrogens is 764 g/mol. The first-order valence-corrected chi connectivity index (χ1v) is 14.5. The summed E-state index contributed by atoms with van der Waals surface area (Å²) in [7, 11) is 3.11. The summed E-state index contributed by atoms with van der Waals surface area (Å²) in [6, 6.07) is 14.0. The van der Waals surface area contributed by atoms with Crippen LogP contribution in [0.4, 0.5) is 0 Å². The second-order valence-electron chi connectivity index (χ2n) is 8.09. The largest absolute Gasteiger partial charge is 0.497 e. The predicted octanol–water partition coefficient (Wildman–Crippen LogP) is 8.55. The molecule has 0 radical (unpaired) electrons. The van der Waals surface area contributed by atoms with E-state index in [1.54, 1.807) is 55.7 Å². The summed E-state index contributed by atoms with van der Waals surface area (Å²) in [5, 5.41) is 0. The predicted molar refractivity (Wildman–Crippen MR) is 164 cm³/mol. The van der Waals surface area contributed by atoms with E-state index in [1.807, 2.05) is 12.1 Å². The molecule has 0 saturated heterocycles. The van der Waals surface area contributed by atoms with Crippen LogP contribution in [-0.4, -0.2) is 32.6 Å².